The molecule has 0 spiro atoms. The van der Waals surface area contributed by atoms with Gasteiger partial charge in [-0.05, 0) is 48.4 Å². The summed E-state index contributed by atoms with van der Waals surface area (Å²) in [5.41, 5.74) is 2.62. The lowest BCUT2D eigenvalue weighted by Crippen LogP contribution is -2.20. The van der Waals surface area contributed by atoms with Crippen molar-refractivity contribution in [3.05, 3.63) is 84.3 Å². The smallest absolute Gasteiger partial charge is 0.324 e. The molecule has 3 aromatic rings. The van der Waals surface area contributed by atoms with Crippen LogP contribution in [0.25, 0.3) is 0 Å². The fourth-order valence-corrected chi connectivity index (χ4v) is 2.37. The standard InChI is InChI=1S/C20H19FN4O/c21-16-8-6-15(7-9-16)12-13-22-18-10-11-19(23-14-18)25-20(26)24-17-4-2-1-3-5-17/h1-11,14,22H,12-13H2,(H2,23,24,25,26). The fourth-order valence-electron chi connectivity index (χ4n) is 2.37. The van der Waals surface area contributed by atoms with Gasteiger partial charge in [-0.25, -0.2) is 14.2 Å². The van der Waals surface area contributed by atoms with Crippen LogP contribution in [0.2, 0.25) is 0 Å². The minimum atomic E-state index is -0.347. The van der Waals surface area contributed by atoms with E-state index in [4.69, 9.17) is 0 Å². The molecule has 0 aliphatic heterocycles. The van der Waals surface area contributed by atoms with Gasteiger partial charge in [-0.3, -0.25) is 5.32 Å². The van der Waals surface area contributed by atoms with Crippen molar-refractivity contribution in [1.29, 1.82) is 0 Å². The van der Waals surface area contributed by atoms with Gasteiger partial charge in [0.2, 0.25) is 0 Å². The average Bonchev–Trinajstić information content (AvgIpc) is 2.65. The number of rotatable bonds is 6. The van der Waals surface area contributed by atoms with Gasteiger partial charge in [0.25, 0.3) is 0 Å². The summed E-state index contributed by atoms with van der Waals surface area (Å²) in [6, 6.07) is 18.9. The quantitative estimate of drug-likeness (QED) is 0.612. The number of carbonyl (C=O) groups is 1. The van der Waals surface area contributed by atoms with Gasteiger partial charge in [0.1, 0.15) is 11.6 Å². The molecule has 0 unspecified atom stereocenters. The fraction of sp³-hybridized carbons (Fsp3) is 0.100. The van der Waals surface area contributed by atoms with E-state index in [1.54, 1.807) is 36.5 Å². The molecule has 0 radical (unpaired) electrons. The van der Waals surface area contributed by atoms with E-state index in [2.05, 4.69) is 20.9 Å². The minimum Gasteiger partial charge on any atom is -0.383 e. The highest BCUT2D eigenvalue weighted by atomic mass is 19.1. The van der Waals surface area contributed by atoms with Crippen molar-refractivity contribution in [3.8, 4) is 0 Å². The molecule has 0 aliphatic rings. The Morgan fingerprint density at radius 2 is 1.65 bits per heavy atom. The summed E-state index contributed by atoms with van der Waals surface area (Å²) >= 11 is 0. The number of para-hydroxylation sites is 1. The highest BCUT2D eigenvalue weighted by Crippen LogP contribution is 2.11. The molecule has 0 atom stereocenters. The number of aromatic nitrogens is 1. The molecular formula is C20H19FN4O. The number of nitrogens with zero attached hydrogens (tertiary/aromatic N) is 1. The topological polar surface area (TPSA) is 66.1 Å². The molecule has 0 saturated heterocycles. The summed E-state index contributed by atoms with van der Waals surface area (Å²) in [7, 11) is 0. The van der Waals surface area contributed by atoms with Gasteiger partial charge in [-0.1, -0.05) is 30.3 Å². The highest BCUT2D eigenvalue weighted by Gasteiger charge is 2.03. The Morgan fingerprint density at radius 1 is 0.885 bits per heavy atom. The first kappa shape index (κ1) is 17.4. The maximum atomic E-state index is 12.9. The summed E-state index contributed by atoms with van der Waals surface area (Å²) in [6.07, 6.45) is 2.43. The van der Waals surface area contributed by atoms with E-state index in [0.717, 1.165) is 17.7 Å². The molecule has 132 valence electrons. The Hall–Kier alpha value is -3.41. The van der Waals surface area contributed by atoms with E-state index < -0.39 is 0 Å². The summed E-state index contributed by atoms with van der Waals surface area (Å²) in [6.45, 7) is 0.703. The van der Waals surface area contributed by atoms with Crippen LogP contribution in [0.1, 0.15) is 5.56 Å². The number of hydrogen-bond acceptors (Lipinski definition) is 3. The van der Waals surface area contributed by atoms with Crippen LogP contribution < -0.4 is 16.0 Å². The zero-order valence-electron chi connectivity index (χ0n) is 14.1. The molecule has 6 heteroatoms. The molecule has 2 aromatic carbocycles. The molecule has 0 aliphatic carbocycles. The van der Waals surface area contributed by atoms with Gasteiger partial charge in [0, 0.05) is 12.2 Å². The van der Waals surface area contributed by atoms with E-state index in [0.29, 0.717) is 18.1 Å². The minimum absolute atomic E-state index is 0.231. The molecular weight excluding hydrogens is 331 g/mol. The van der Waals surface area contributed by atoms with Crippen LogP contribution in [0.3, 0.4) is 0 Å². The first-order chi connectivity index (χ1) is 12.7. The van der Waals surface area contributed by atoms with Crippen molar-refractivity contribution in [2.45, 2.75) is 6.42 Å². The molecule has 0 fully saturated rings. The van der Waals surface area contributed by atoms with E-state index in [1.807, 2.05) is 24.3 Å². The van der Waals surface area contributed by atoms with Crippen LogP contribution in [0.15, 0.2) is 72.9 Å². The molecule has 3 rings (SSSR count). The third kappa shape index (κ3) is 5.31. The Labute approximate surface area is 151 Å². The third-order valence-electron chi connectivity index (χ3n) is 3.69. The molecule has 0 bridgehead atoms. The summed E-state index contributed by atoms with van der Waals surface area (Å²) in [5.74, 6) is 0.229. The van der Waals surface area contributed by atoms with Gasteiger partial charge >= 0.3 is 6.03 Å². The monoisotopic (exact) mass is 350 g/mol. The van der Waals surface area contributed by atoms with Crippen LogP contribution in [-0.2, 0) is 6.42 Å². The van der Waals surface area contributed by atoms with Crippen molar-refractivity contribution in [1.82, 2.24) is 4.98 Å². The van der Waals surface area contributed by atoms with E-state index in [1.165, 1.54) is 12.1 Å². The normalized spacial score (nSPS) is 10.2. The van der Waals surface area contributed by atoms with Crippen molar-refractivity contribution in [3.63, 3.8) is 0 Å². The maximum Gasteiger partial charge on any atom is 0.324 e. The zero-order valence-corrected chi connectivity index (χ0v) is 14.1. The Balaban J connectivity index is 1.45. The molecule has 0 saturated carbocycles. The molecule has 3 N–H and O–H groups in total. The van der Waals surface area contributed by atoms with Gasteiger partial charge in [0.15, 0.2) is 0 Å². The lowest BCUT2D eigenvalue weighted by Gasteiger charge is -2.09. The molecule has 1 aromatic heterocycles. The number of pyridine rings is 1. The Bertz CT molecular complexity index is 836. The Kier molecular flexibility index (Phi) is 5.77. The van der Waals surface area contributed by atoms with Crippen LogP contribution in [0.5, 0.6) is 0 Å². The number of benzene rings is 2. The second-order valence-electron chi connectivity index (χ2n) is 5.68. The van der Waals surface area contributed by atoms with Crippen molar-refractivity contribution in [2.75, 3.05) is 22.5 Å². The first-order valence-corrected chi connectivity index (χ1v) is 8.26. The average molecular weight is 350 g/mol. The predicted octanol–water partition coefficient (Wildman–Crippen LogP) is 4.52. The lowest BCUT2D eigenvalue weighted by atomic mass is 10.1. The van der Waals surface area contributed by atoms with Crippen LogP contribution in [-0.4, -0.2) is 17.6 Å². The first-order valence-electron chi connectivity index (χ1n) is 8.26. The summed E-state index contributed by atoms with van der Waals surface area (Å²) < 4.78 is 12.9. The van der Waals surface area contributed by atoms with E-state index >= 15 is 0 Å². The number of nitrogens with one attached hydrogen (secondary N) is 3. The number of hydrogen-bond donors (Lipinski definition) is 3. The second kappa shape index (κ2) is 8.62. The lowest BCUT2D eigenvalue weighted by molar-refractivity contribution is 0.262. The van der Waals surface area contributed by atoms with Crippen molar-refractivity contribution < 1.29 is 9.18 Å². The molecule has 5 nitrogen and oxygen atoms in total. The zero-order chi connectivity index (χ0) is 18.2. The number of carbonyl (C=O) groups excluding carboxylic acids is 1. The molecule has 1 heterocycles. The number of amides is 2. The molecule has 2 amide bonds. The van der Waals surface area contributed by atoms with Gasteiger partial charge in [0.05, 0.1) is 11.9 Å². The van der Waals surface area contributed by atoms with E-state index in [-0.39, 0.29) is 11.8 Å². The largest absolute Gasteiger partial charge is 0.383 e. The number of urea groups is 1. The maximum absolute atomic E-state index is 12.9. The van der Waals surface area contributed by atoms with Gasteiger partial charge in [-0.15, -0.1) is 0 Å². The summed E-state index contributed by atoms with van der Waals surface area (Å²) in [5, 5.41) is 8.65. The van der Waals surface area contributed by atoms with Crippen molar-refractivity contribution in [2.24, 2.45) is 0 Å². The predicted molar refractivity (Wildman–Crippen MR) is 102 cm³/mol. The highest BCUT2D eigenvalue weighted by molar-refractivity contribution is 5.99. The second-order valence-corrected chi connectivity index (χ2v) is 5.68. The van der Waals surface area contributed by atoms with Crippen LogP contribution >= 0.6 is 0 Å². The SMILES string of the molecule is O=C(Nc1ccccc1)Nc1ccc(NCCc2ccc(F)cc2)cn1. The van der Waals surface area contributed by atoms with Gasteiger partial charge in [-0.2, -0.15) is 0 Å². The van der Waals surface area contributed by atoms with Crippen LogP contribution in [0, 0.1) is 5.82 Å². The van der Waals surface area contributed by atoms with E-state index in [9.17, 15) is 9.18 Å². The third-order valence-corrected chi connectivity index (χ3v) is 3.69. The van der Waals surface area contributed by atoms with Crippen molar-refractivity contribution >= 4 is 23.2 Å². The number of halogens is 1. The Morgan fingerprint density at radius 3 is 2.35 bits per heavy atom. The molecule has 26 heavy (non-hydrogen) atoms. The number of anilines is 3. The van der Waals surface area contributed by atoms with Crippen LogP contribution in [0.4, 0.5) is 26.4 Å². The van der Waals surface area contributed by atoms with Gasteiger partial charge < -0.3 is 10.6 Å². The summed E-state index contributed by atoms with van der Waals surface area (Å²) in [4.78, 5) is 16.1.